The fraction of sp³-hybridized carbons (Fsp3) is 0.538. The second-order valence-corrected chi connectivity index (χ2v) is 4.90. The maximum atomic E-state index is 12.1. The second-order valence-electron chi connectivity index (χ2n) is 3.90. The molecule has 0 saturated carbocycles. The van der Waals surface area contributed by atoms with Crippen molar-refractivity contribution in [1.82, 2.24) is 4.90 Å². The largest absolute Gasteiger partial charge is 0.451 e. The zero-order valence-electron chi connectivity index (χ0n) is 10.6. The third-order valence-electron chi connectivity index (χ3n) is 2.56. The zero-order valence-corrected chi connectivity index (χ0v) is 11.5. The summed E-state index contributed by atoms with van der Waals surface area (Å²) in [5.41, 5.74) is 0.662. The Morgan fingerprint density at radius 2 is 2.33 bits per heavy atom. The molecule has 1 heterocycles. The van der Waals surface area contributed by atoms with Crippen molar-refractivity contribution in [3.05, 3.63) is 11.6 Å². The number of ether oxygens (including phenoxy) is 1. The molecule has 18 heavy (non-hydrogen) atoms. The van der Waals surface area contributed by atoms with Gasteiger partial charge >= 0.3 is 5.97 Å². The van der Waals surface area contributed by atoms with E-state index in [0.29, 0.717) is 17.2 Å². The summed E-state index contributed by atoms with van der Waals surface area (Å²) in [5, 5.41) is 0. The SMILES string of the molecule is C#CCOC(=O)[C@H]1CSCN1C(=O)/C(C)=C\CC. The van der Waals surface area contributed by atoms with E-state index in [1.807, 2.05) is 13.0 Å². The molecule has 0 spiro atoms. The van der Waals surface area contributed by atoms with Crippen molar-refractivity contribution < 1.29 is 14.3 Å². The molecular weight excluding hydrogens is 250 g/mol. The highest BCUT2D eigenvalue weighted by Crippen LogP contribution is 2.23. The van der Waals surface area contributed by atoms with Crippen LogP contribution in [0.15, 0.2) is 11.6 Å². The fourth-order valence-electron chi connectivity index (χ4n) is 1.67. The van der Waals surface area contributed by atoms with Crippen molar-refractivity contribution >= 4 is 23.6 Å². The van der Waals surface area contributed by atoms with E-state index in [-0.39, 0.29) is 12.5 Å². The summed E-state index contributed by atoms with van der Waals surface area (Å²) in [5.74, 6) is 2.80. The molecule has 0 N–H and O–H groups in total. The van der Waals surface area contributed by atoms with Gasteiger partial charge in [-0.2, -0.15) is 0 Å². The average molecular weight is 267 g/mol. The van der Waals surface area contributed by atoms with E-state index in [1.54, 1.807) is 23.6 Å². The topological polar surface area (TPSA) is 46.6 Å². The molecule has 98 valence electrons. The lowest BCUT2D eigenvalue weighted by molar-refractivity contribution is -0.150. The molecular formula is C13H17NO3S. The van der Waals surface area contributed by atoms with Crippen LogP contribution in [-0.2, 0) is 14.3 Å². The number of amides is 1. The van der Waals surface area contributed by atoms with E-state index in [2.05, 4.69) is 5.92 Å². The summed E-state index contributed by atoms with van der Waals surface area (Å²) < 4.78 is 4.89. The average Bonchev–Trinajstić information content (AvgIpc) is 2.84. The van der Waals surface area contributed by atoms with E-state index in [9.17, 15) is 9.59 Å². The molecule has 0 unspecified atom stereocenters. The third-order valence-corrected chi connectivity index (χ3v) is 3.57. The molecule has 1 rings (SSSR count). The van der Waals surface area contributed by atoms with Gasteiger partial charge in [-0.15, -0.1) is 18.2 Å². The van der Waals surface area contributed by atoms with Crippen molar-refractivity contribution in [3.63, 3.8) is 0 Å². The first-order valence-electron chi connectivity index (χ1n) is 5.77. The van der Waals surface area contributed by atoms with Crippen LogP contribution in [0, 0.1) is 12.3 Å². The first-order valence-corrected chi connectivity index (χ1v) is 6.92. The fourth-order valence-corrected chi connectivity index (χ4v) is 2.81. The summed E-state index contributed by atoms with van der Waals surface area (Å²) in [4.78, 5) is 25.4. The number of carbonyl (C=O) groups excluding carboxylic acids is 2. The number of rotatable bonds is 4. The van der Waals surface area contributed by atoms with Gasteiger partial charge in [0, 0.05) is 11.3 Å². The van der Waals surface area contributed by atoms with Crippen LogP contribution in [0.25, 0.3) is 0 Å². The minimum Gasteiger partial charge on any atom is -0.451 e. The molecule has 0 aromatic rings. The number of thioether (sulfide) groups is 1. The lowest BCUT2D eigenvalue weighted by atomic mass is 10.2. The summed E-state index contributed by atoms with van der Waals surface area (Å²) in [6, 6.07) is -0.518. The summed E-state index contributed by atoms with van der Waals surface area (Å²) in [7, 11) is 0. The molecule has 1 atom stereocenters. The Bertz CT molecular complexity index is 398. The highest BCUT2D eigenvalue weighted by molar-refractivity contribution is 7.99. The van der Waals surface area contributed by atoms with Crippen LogP contribution in [0.5, 0.6) is 0 Å². The number of terminal acetylenes is 1. The third kappa shape index (κ3) is 3.54. The molecule has 1 amide bonds. The molecule has 1 aliphatic rings. The normalized spacial score (nSPS) is 19.5. The maximum absolute atomic E-state index is 12.1. The Morgan fingerprint density at radius 3 is 2.94 bits per heavy atom. The first-order chi connectivity index (χ1) is 8.61. The Hall–Kier alpha value is -1.41. The molecule has 1 aliphatic heterocycles. The Balaban J connectivity index is 2.70. The number of nitrogens with zero attached hydrogens (tertiary/aromatic N) is 1. The molecule has 0 aromatic carbocycles. The van der Waals surface area contributed by atoms with Gasteiger partial charge < -0.3 is 9.64 Å². The maximum Gasteiger partial charge on any atom is 0.330 e. The predicted octanol–water partition coefficient (Wildman–Crippen LogP) is 1.42. The van der Waals surface area contributed by atoms with Gasteiger partial charge in [0.05, 0.1) is 5.88 Å². The van der Waals surface area contributed by atoms with Gasteiger partial charge in [0.2, 0.25) is 0 Å². The van der Waals surface area contributed by atoms with Crippen molar-refractivity contribution in [1.29, 1.82) is 0 Å². The molecule has 4 nitrogen and oxygen atoms in total. The molecule has 0 bridgehead atoms. The minimum absolute atomic E-state index is 0.0498. The minimum atomic E-state index is -0.518. The Kier molecular flexibility index (Phi) is 5.79. The van der Waals surface area contributed by atoms with Crippen LogP contribution in [-0.4, -0.2) is 41.1 Å². The van der Waals surface area contributed by atoms with Crippen molar-refractivity contribution in [2.75, 3.05) is 18.2 Å². The standard InChI is InChI=1S/C13H17NO3S/c1-4-6-10(3)12(15)14-9-18-8-11(14)13(16)17-7-5-2/h2,6,11H,4,7-9H2,1,3H3/b10-6-/t11-/m1/s1. The monoisotopic (exact) mass is 267 g/mol. The molecule has 1 fully saturated rings. The molecule has 1 saturated heterocycles. The Labute approximate surface area is 112 Å². The number of hydrogen-bond acceptors (Lipinski definition) is 4. The number of hydrogen-bond donors (Lipinski definition) is 0. The predicted molar refractivity (Wildman–Crippen MR) is 71.8 cm³/mol. The van der Waals surface area contributed by atoms with E-state index in [1.165, 1.54) is 0 Å². The van der Waals surface area contributed by atoms with Gasteiger partial charge in [-0.1, -0.05) is 18.9 Å². The van der Waals surface area contributed by atoms with Crippen LogP contribution in [0.3, 0.4) is 0 Å². The second kappa shape index (κ2) is 7.12. The highest BCUT2D eigenvalue weighted by Gasteiger charge is 2.35. The van der Waals surface area contributed by atoms with Gasteiger partial charge in [0.25, 0.3) is 5.91 Å². The van der Waals surface area contributed by atoms with Gasteiger partial charge in [-0.3, -0.25) is 4.79 Å². The number of carbonyl (C=O) groups is 2. The quantitative estimate of drug-likeness (QED) is 0.439. The van der Waals surface area contributed by atoms with Crippen LogP contribution in [0.1, 0.15) is 20.3 Å². The summed E-state index contributed by atoms with van der Waals surface area (Å²) in [6.45, 7) is 3.68. The highest BCUT2D eigenvalue weighted by atomic mass is 32.2. The van der Waals surface area contributed by atoms with Gasteiger partial charge in [-0.05, 0) is 13.3 Å². The van der Waals surface area contributed by atoms with Crippen LogP contribution in [0.2, 0.25) is 0 Å². The van der Waals surface area contributed by atoms with Gasteiger partial charge in [0.15, 0.2) is 6.61 Å². The van der Waals surface area contributed by atoms with Crippen molar-refractivity contribution in [2.45, 2.75) is 26.3 Å². The Morgan fingerprint density at radius 1 is 1.61 bits per heavy atom. The van der Waals surface area contributed by atoms with Gasteiger partial charge in [0.1, 0.15) is 6.04 Å². The molecule has 0 aromatic heterocycles. The lowest BCUT2D eigenvalue weighted by Gasteiger charge is -2.22. The summed E-state index contributed by atoms with van der Waals surface area (Å²) >= 11 is 1.54. The van der Waals surface area contributed by atoms with Crippen LogP contribution >= 0.6 is 11.8 Å². The smallest absolute Gasteiger partial charge is 0.330 e. The molecule has 5 heteroatoms. The summed E-state index contributed by atoms with van der Waals surface area (Å²) in [6.07, 6.45) is 7.69. The zero-order chi connectivity index (χ0) is 13.5. The van der Waals surface area contributed by atoms with Gasteiger partial charge in [-0.25, -0.2) is 4.79 Å². The number of esters is 1. The van der Waals surface area contributed by atoms with Crippen LogP contribution in [0.4, 0.5) is 0 Å². The van der Waals surface area contributed by atoms with E-state index in [4.69, 9.17) is 11.2 Å². The molecule has 0 aliphatic carbocycles. The van der Waals surface area contributed by atoms with E-state index >= 15 is 0 Å². The lowest BCUT2D eigenvalue weighted by Crippen LogP contribution is -2.43. The van der Waals surface area contributed by atoms with Crippen LogP contribution < -0.4 is 0 Å². The van der Waals surface area contributed by atoms with E-state index in [0.717, 1.165) is 6.42 Å². The first kappa shape index (κ1) is 14.7. The van der Waals surface area contributed by atoms with Crippen molar-refractivity contribution in [2.24, 2.45) is 0 Å². The number of allylic oxidation sites excluding steroid dienone is 1. The van der Waals surface area contributed by atoms with Crippen molar-refractivity contribution in [3.8, 4) is 12.3 Å². The molecule has 0 radical (unpaired) electrons. The van der Waals surface area contributed by atoms with E-state index < -0.39 is 12.0 Å².